The molecule has 2 nitrogen and oxygen atoms in total. The Balaban J connectivity index is 2.71. The summed E-state index contributed by atoms with van der Waals surface area (Å²) >= 11 is 0. The average Bonchev–Trinajstić information content (AvgIpc) is 2.35. The van der Waals surface area contributed by atoms with E-state index in [1.54, 1.807) is 0 Å². The fourth-order valence-electron chi connectivity index (χ4n) is 2.90. The summed E-state index contributed by atoms with van der Waals surface area (Å²) < 4.78 is 0. The molecule has 19 heavy (non-hydrogen) atoms. The second-order valence-electron chi connectivity index (χ2n) is 8.03. The molecule has 1 saturated heterocycles. The van der Waals surface area contributed by atoms with E-state index in [0.717, 1.165) is 12.5 Å². The molecule has 0 bridgehead atoms. The summed E-state index contributed by atoms with van der Waals surface area (Å²) in [5.41, 5.74) is 0.745. The first-order valence-corrected chi connectivity index (χ1v) is 8.20. The predicted molar refractivity (Wildman–Crippen MR) is 85.6 cm³/mol. The normalized spacial score (nSPS) is 31.4. The van der Waals surface area contributed by atoms with Crippen molar-refractivity contribution in [1.82, 2.24) is 10.2 Å². The zero-order valence-corrected chi connectivity index (χ0v) is 14.3. The third-order valence-corrected chi connectivity index (χ3v) is 4.99. The van der Waals surface area contributed by atoms with Gasteiger partial charge in [0, 0.05) is 24.7 Å². The van der Waals surface area contributed by atoms with Gasteiger partial charge in [-0.1, -0.05) is 48.0 Å². The molecule has 1 fully saturated rings. The second kappa shape index (κ2) is 6.58. The quantitative estimate of drug-likeness (QED) is 0.813. The Bertz CT molecular complexity index is 269. The minimum Gasteiger partial charge on any atom is -0.309 e. The van der Waals surface area contributed by atoms with Crippen molar-refractivity contribution in [3.8, 4) is 0 Å². The molecule has 1 aliphatic rings. The Morgan fingerprint density at radius 1 is 1.32 bits per heavy atom. The van der Waals surface area contributed by atoms with E-state index in [2.05, 4.69) is 58.7 Å². The fourth-order valence-corrected chi connectivity index (χ4v) is 2.90. The lowest BCUT2D eigenvalue weighted by molar-refractivity contribution is 0.0467. The molecule has 1 rings (SSSR count). The van der Waals surface area contributed by atoms with Crippen LogP contribution in [0.2, 0.25) is 0 Å². The molecule has 0 aliphatic carbocycles. The van der Waals surface area contributed by atoms with Gasteiger partial charge < -0.3 is 5.32 Å². The standard InChI is InChI=1S/C17H36N2/c1-8-14(3)15-12-18-17(7,9-2)13-19(15)11-10-16(4,5)6/h14-15,18H,8-13H2,1-7H3. The largest absolute Gasteiger partial charge is 0.309 e. The summed E-state index contributed by atoms with van der Waals surface area (Å²) in [4.78, 5) is 2.76. The van der Waals surface area contributed by atoms with Gasteiger partial charge in [0.25, 0.3) is 0 Å². The molecule has 2 heteroatoms. The number of nitrogens with zero attached hydrogens (tertiary/aromatic N) is 1. The smallest absolute Gasteiger partial charge is 0.0278 e. The molecule has 0 radical (unpaired) electrons. The van der Waals surface area contributed by atoms with E-state index in [4.69, 9.17) is 0 Å². The molecule has 0 spiro atoms. The highest BCUT2D eigenvalue weighted by Gasteiger charge is 2.36. The van der Waals surface area contributed by atoms with Crippen molar-refractivity contribution in [2.45, 2.75) is 79.3 Å². The summed E-state index contributed by atoms with van der Waals surface area (Å²) in [5.74, 6) is 0.786. The zero-order chi connectivity index (χ0) is 14.7. The molecule has 1 aliphatic heterocycles. The summed E-state index contributed by atoms with van der Waals surface area (Å²) in [5, 5.41) is 3.80. The fraction of sp³-hybridized carbons (Fsp3) is 1.00. The maximum atomic E-state index is 3.80. The SMILES string of the molecule is CCC(C)C1CNC(C)(CC)CN1CCC(C)(C)C. The molecule has 3 atom stereocenters. The minimum absolute atomic E-state index is 0.307. The van der Waals surface area contributed by atoms with Crippen molar-refractivity contribution in [1.29, 1.82) is 0 Å². The van der Waals surface area contributed by atoms with Crippen LogP contribution in [0.4, 0.5) is 0 Å². The van der Waals surface area contributed by atoms with Crippen molar-refractivity contribution in [2.24, 2.45) is 11.3 Å². The molecule has 1 N–H and O–H groups in total. The van der Waals surface area contributed by atoms with Crippen LogP contribution in [-0.4, -0.2) is 36.1 Å². The topological polar surface area (TPSA) is 15.3 Å². The Morgan fingerprint density at radius 2 is 1.95 bits per heavy atom. The lowest BCUT2D eigenvalue weighted by atomic mass is 9.86. The average molecular weight is 268 g/mol. The number of hydrogen-bond donors (Lipinski definition) is 1. The van der Waals surface area contributed by atoms with E-state index in [-0.39, 0.29) is 0 Å². The van der Waals surface area contributed by atoms with Crippen molar-refractivity contribution < 1.29 is 0 Å². The van der Waals surface area contributed by atoms with Crippen molar-refractivity contribution in [3.63, 3.8) is 0 Å². The second-order valence-corrected chi connectivity index (χ2v) is 8.03. The van der Waals surface area contributed by atoms with Gasteiger partial charge in [-0.3, -0.25) is 4.90 Å². The van der Waals surface area contributed by atoms with Crippen LogP contribution in [0.1, 0.15) is 67.7 Å². The molecule has 1 heterocycles. The van der Waals surface area contributed by atoms with Crippen molar-refractivity contribution >= 4 is 0 Å². The molecule has 3 unspecified atom stereocenters. The van der Waals surface area contributed by atoms with Crippen LogP contribution in [0.5, 0.6) is 0 Å². The van der Waals surface area contributed by atoms with Gasteiger partial charge in [-0.15, -0.1) is 0 Å². The van der Waals surface area contributed by atoms with E-state index in [9.17, 15) is 0 Å². The highest BCUT2D eigenvalue weighted by molar-refractivity contribution is 4.96. The minimum atomic E-state index is 0.307. The molecular weight excluding hydrogens is 232 g/mol. The summed E-state index contributed by atoms with van der Waals surface area (Å²) in [7, 11) is 0. The summed E-state index contributed by atoms with van der Waals surface area (Å²) in [6.45, 7) is 20.1. The number of hydrogen-bond acceptors (Lipinski definition) is 2. The van der Waals surface area contributed by atoms with E-state index in [1.165, 1.54) is 32.4 Å². The van der Waals surface area contributed by atoms with E-state index in [0.29, 0.717) is 17.0 Å². The van der Waals surface area contributed by atoms with Crippen LogP contribution < -0.4 is 5.32 Å². The van der Waals surface area contributed by atoms with Gasteiger partial charge in [0.2, 0.25) is 0 Å². The molecule has 0 aromatic rings. The highest BCUT2D eigenvalue weighted by atomic mass is 15.3. The van der Waals surface area contributed by atoms with E-state index >= 15 is 0 Å². The van der Waals surface area contributed by atoms with Gasteiger partial charge >= 0.3 is 0 Å². The van der Waals surface area contributed by atoms with Crippen LogP contribution in [0.25, 0.3) is 0 Å². The first-order valence-electron chi connectivity index (χ1n) is 8.20. The maximum Gasteiger partial charge on any atom is 0.0278 e. The van der Waals surface area contributed by atoms with Gasteiger partial charge in [-0.25, -0.2) is 0 Å². The first kappa shape index (κ1) is 17.0. The molecule has 0 aromatic heterocycles. The van der Waals surface area contributed by atoms with Crippen molar-refractivity contribution in [3.05, 3.63) is 0 Å². The third-order valence-electron chi connectivity index (χ3n) is 4.99. The van der Waals surface area contributed by atoms with Crippen LogP contribution in [-0.2, 0) is 0 Å². The molecule has 0 saturated carbocycles. The Labute approximate surface area is 121 Å². The van der Waals surface area contributed by atoms with Crippen LogP contribution >= 0.6 is 0 Å². The molecular formula is C17H36N2. The first-order chi connectivity index (χ1) is 8.71. The van der Waals surface area contributed by atoms with Crippen molar-refractivity contribution in [2.75, 3.05) is 19.6 Å². The van der Waals surface area contributed by atoms with Gasteiger partial charge in [0.15, 0.2) is 0 Å². The maximum absolute atomic E-state index is 3.80. The Morgan fingerprint density at radius 3 is 2.42 bits per heavy atom. The van der Waals surface area contributed by atoms with Gasteiger partial charge in [-0.05, 0) is 37.6 Å². The number of rotatable bonds is 5. The molecule has 114 valence electrons. The lowest BCUT2D eigenvalue weighted by Crippen LogP contribution is -2.64. The van der Waals surface area contributed by atoms with Crippen LogP contribution in [0, 0.1) is 11.3 Å². The number of nitrogens with one attached hydrogen (secondary N) is 1. The lowest BCUT2D eigenvalue weighted by Gasteiger charge is -2.48. The number of piperazine rings is 1. The predicted octanol–water partition coefficient (Wildman–Crippen LogP) is 3.91. The van der Waals surface area contributed by atoms with E-state index < -0.39 is 0 Å². The highest BCUT2D eigenvalue weighted by Crippen LogP contribution is 2.27. The molecule has 0 aromatic carbocycles. The summed E-state index contributed by atoms with van der Waals surface area (Å²) in [6, 6.07) is 0.715. The van der Waals surface area contributed by atoms with Crippen LogP contribution in [0.3, 0.4) is 0 Å². The monoisotopic (exact) mass is 268 g/mol. The van der Waals surface area contributed by atoms with Gasteiger partial charge in [0.1, 0.15) is 0 Å². The molecule has 0 amide bonds. The van der Waals surface area contributed by atoms with Gasteiger partial charge in [-0.2, -0.15) is 0 Å². The summed E-state index contributed by atoms with van der Waals surface area (Å²) in [6.07, 6.45) is 3.78. The van der Waals surface area contributed by atoms with Gasteiger partial charge in [0.05, 0.1) is 0 Å². The Hall–Kier alpha value is -0.0800. The Kier molecular flexibility index (Phi) is 5.88. The van der Waals surface area contributed by atoms with Crippen LogP contribution in [0.15, 0.2) is 0 Å². The van der Waals surface area contributed by atoms with E-state index in [1.807, 2.05) is 0 Å². The third kappa shape index (κ3) is 5.07. The zero-order valence-electron chi connectivity index (χ0n) is 14.3.